The van der Waals surface area contributed by atoms with E-state index in [-0.39, 0.29) is 0 Å². The average Bonchev–Trinajstić information content (AvgIpc) is 2.62. The molecule has 1 fully saturated rings. The molecule has 0 amide bonds. The average molecular weight is 233 g/mol. The second kappa shape index (κ2) is 4.06. The minimum atomic E-state index is -0.689. The zero-order valence-corrected chi connectivity index (χ0v) is 10.7. The molecule has 2 rings (SSSR count). The van der Waals surface area contributed by atoms with Crippen molar-refractivity contribution in [2.75, 3.05) is 18.0 Å². The number of hydrogen-bond donors (Lipinski definition) is 1. The van der Waals surface area contributed by atoms with Gasteiger partial charge in [-0.3, -0.25) is 4.79 Å². The summed E-state index contributed by atoms with van der Waals surface area (Å²) in [6.45, 7) is 7.43. The Balaban J connectivity index is 2.30. The molecule has 0 bridgehead atoms. The van der Waals surface area contributed by atoms with E-state index in [0.717, 1.165) is 13.0 Å². The Morgan fingerprint density at radius 3 is 2.41 bits per heavy atom. The van der Waals surface area contributed by atoms with E-state index in [0.29, 0.717) is 6.54 Å². The summed E-state index contributed by atoms with van der Waals surface area (Å²) in [6.07, 6.45) is 0.718. The summed E-state index contributed by atoms with van der Waals surface area (Å²) in [7, 11) is 0. The van der Waals surface area contributed by atoms with Gasteiger partial charge in [-0.05, 0) is 38.3 Å². The molecule has 0 aliphatic carbocycles. The van der Waals surface area contributed by atoms with Crippen LogP contribution >= 0.6 is 0 Å². The normalized spacial score (nSPS) is 24.1. The number of carboxylic acids is 1. The summed E-state index contributed by atoms with van der Waals surface area (Å²) in [4.78, 5) is 13.5. The van der Waals surface area contributed by atoms with Crippen LogP contribution in [0.1, 0.15) is 24.5 Å². The van der Waals surface area contributed by atoms with Gasteiger partial charge in [0.1, 0.15) is 0 Å². The molecule has 1 unspecified atom stereocenters. The Kier molecular flexibility index (Phi) is 2.86. The lowest BCUT2D eigenvalue weighted by Crippen LogP contribution is -2.32. The van der Waals surface area contributed by atoms with Crippen LogP contribution in [-0.4, -0.2) is 24.2 Å². The summed E-state index contributed by atoms with van der Waals surface area (Å²) < 4.78 is 0. The number of carboxylic acid groups (broad SMARTS) is 1. The van der Waals surface area contributed by atoms with Gasteiger partial charge in [0.2, 0.25) is 0 Å². The fourth-order valence-electron chi connectivity index (χ4n) is 2.63. The van der Waals surface area contributed by atoms with Crippen molar-refractivity contribution >= 4 is 11.7 Å². The third-order valence-corrected chi connectivity index (χ3v) is 3.75. The van der Waals surface area contributed by atoms with Gasteiger partial charge in [0.15, 0.2) is 0 Å². The van der Waals surface area contributed by atoms with Crippen molar-refractivity contribution in [1.82, 2.24) is 0 Å². The first kappa shape index (κ1) is 12.0. The second-order valence-corrected chi connectivity index (χ2v) is 5.28. The topological polar surface area (TPSA) is 40.5 Å². The summed E-state index contributed by atoms with van der Waals surface area (Å²) in [5.74, 6) is -0.689. The molecule has 1 aliphatic heterocycles. The van der Waals surface area contributed by atoms with Crippen molar-refractivity contribution in [3.05, 3.63) is 29.3 Å². The number of para-hydroxylation sites is 1. The molecule has 3 heteroatoms. The molecule has 17 heavy (non-hydrogen) atoms. The second-order valence-electron chi connectivity index (χ2n) is 5.28. The fourth-order valence-corrected chi connectivity index (χ4v) is 2.63. The Morgan fingerprint density at radius 1 is 1.35 bits per heavy atom. The molecule has 92 valence electrons. The molecule has 0 spiro atoms. The molecule has 1 heterocycles. The first-order valence-electron chi connectivity index (χ1n) is 5.98. The van der Waals surface area contributed by atoms with Gasteiger partial charge in [-0.2, -0.15) is 0 Å². The summed E-state index contributed by atoms with van der Waals surface area (Å²) in [6, 6.07) is 6.21. The lowest BCUT2D eigenvalue weighted by atomic mass is 9.90. The number of nitrogens with zero attached hydrogens (tertiary/aromatic N) is 1. The molecule has 1 atom stereocenters. The first-order valence-corrected chi connectivity index (χ1v) is 5.98. The Labute approximate surface area is 102 Å². The minimum absolute atomic E-state index is 0.602. The van der Waals surface area contributed by atoms with E-state index in [1.54, 1.807) is 0 Å². The van der Waals surface area contributed by atoms with Crippen molar-refractivity contribution in [2.24, 2.45) is 5.41 Å². The van der Waals surface area contributed by atoms with Gasteiger partial charge in [-0.25, -0.2) is 0 Å². The van der Waals surface area contributed by atoms with Crippen LogP contribution in [0, 0.1) is 19.3 Å². The van der Waals surface area contributed by atoms with E-state index in [4.69, 9.17) is 0 Å². The molecule has 1 N–H and O–H groups in total. The van der Waals surface area contributed by atoms with E-state index in [1.807, 2.05) is 13.0 Å². The monoisotopic (exact) mass is 233 g/mol. The number of rotatable bonds is 2. The highest BCUT2D eigenvalue weighted by Gasteiger charge is 2.41. The highest BCUT2D eigenvalue weighted by molar-refractivity contribution is 5.76. The van der Waals surface area contributed by atoms with Crippen LogP contribution in [0.5, 0.6) is 0 Å². The number of aryl methyl sites for hydroxylation is 2. The molecular formula is C14H19NO2. The predicted octanol–water partition coefficient (Wildman–Crippen LogP) is 2.60. The Bertz CT molecular complexity index is 435. The van der Waals surface area contributed by atoms with Crippen LogP contribution in [0.25, 0.3) is 0 Å². The van der Waals surface area contributed by atoms with Gasteiger partial charge in [0, 0.05) is 18.8 Å². The maximum Gasteiger partial charge on any atom is 0.311 e. The lowest BCUT2D eigenvalue weighted by molar-refractivity contribution is -0.146. The number of benzene rings is 1. The third-order valence-electron chi connectivity index (χ3n) is 3.75. The van der Waals surface area contributed by atoms with Crippen LogP contribution in [0.2, 0.25) is 0 Å². The van der Waals surface area contributed by atoms with Crippen molar-refractivity contribution < 1.29 is 9.90 Å². The van der Waals surface area contributed by atoms with Crippen LogP contribution < -0.4 is 4.90 Å². The van der Waals surface area contributed by atoms with E-state index in [1.165, 1.54) is 16.8 Å². The molecule has 0 saturated carbocycles. The van der Waals surface area contributed by atoms with Gasteiger partial charge in [0.25, 0.3) is 0 Å². The van der Waals surface area contributed by atoms with Gasteiger partial charge in [0.05, 0.1) is 5.41 Å². The highest BCUT2D eigenvalue weighted by atomic mass is 16.4. The van der Waals surface area contributed by atoms with Crippen LogP contribution in [0.3, 0.4) is 0 Å². The zero-order valence-electron chi connectivity index (χ0n) is 10.7. The lowest BCUT2D eigenvalue weighted by Gasteiger charge is -2.25. The smallest absolute Gasteiger partial charge is 0.311 e. The molecule has 1 saturated heterocycles. The Hall–Kier alpha value is -1.51. The van der Waals surface area contributed by atoms with Gasteiger partial charge >= 0.3 is 5.97 Å². The quantitative estimate of drug-likeness (QED) is 0.853. The molecule has 1 aliphatic rings. The SMILES string of the molecule is Cc1cccc(C)c1N1CCC(C)(C(=O)O)C1. The summed E-state index contributed by atoms with van der Waals surface area (Å²) >= 11 is 0. The molecule has 0 aromatic heterocycles. The van der Waals surface area contributed by atoms with E-state index < -0.39 is 11.4 Å². The van der Waals surface area contributed by atoms with E-state index >= 15 is 0 Å². The number of carbonyl (C=O) groups is 1. The minimum Gasteiger partial charge on any atom is -0.481 e. The van der Waals surface area contributed by atoms with Crippen molar-refractivity contribution in [1.29, 1.82) is 0 Å². The zero-order chi connectivity index (χ0) is 12.6. The number of anilines is 1. The van der Waals surface area contributed by atoms with Crippen LogP contribution in [0.15, 0.2) is 18.2 Å². The van der Waals surface area contributed by atoms with Gasteiger partial charge in [-0.1, -0.05) is 18.2 Å². The van der Waals surface area contributed by atoms with Crippen molar-refractivity contribution in [3.8, 4) is 0 Å². The summed E-state index contributed by atoms with van der Waals surface area (Å²) in [5.41, 5.74) is 3.05. The molecular weight excluding hydrogens is 214 g/mol. The number of hydrogen-bond acceptors (Lipinski definition) is 2. The highest BCUT2D eigenvalue weighted by Crippen LogP contribution is 2.36. The molecule has 3 nitrogen and oxygen atoms in total. The van der Waals surface area contributed by atoms with Gasteiger partial charge in [-0.15, -0.1) is 0 Å². The first-order chi connectivity index (χ1) is 7.94. The molecule has 0 radical (unpaired) electrons. The van der Waals surface area contributed by atoms with E-state index in [2.05, 4.69) is 30.9 Å². The van der Waals surface area contributed by atoms with Crippen molar-refractivity contribution in [2.45, 2.75) is 27.2 Å². The predicted molar refractivity (Wildman–Crippen MR) is 68.5 cm³/mol. The molecule has 1 aromatic rings. The fraction of sp³-hybridized carbons (Fsp3) is 0.500. The number of aliphatic carboxylic acids is 1. The van der Waals surface area contributed by atoms with E-state index in [9.17, 15) is 9.90 Å². The summed E-state index contributed by atoms with van der Waals surface area (Å²) in [5, 5.41) is 9.25. The maximum atomic E-state index is 11.2. The maximum absolute atomic E-state index is 11.2. The van der Waals surface area contributed by atoms with Crippen LogP contribution in [0.4, 0.5) is 5.69 Å². The molecule has 1 aromatic carbocycles. The van der Waals surface area contributed by atoms with Crippen LogP contribution in [-0.2, 0) is 4.79 Å². The van der Waals surface area contributed by atoms with Gasteiger partial charge < -0.3 is 10.0 Å². The van der Waals surface area contributed by atoms with Crippen molar-refractivity contribution in [3.63, 3.8) is 0 Å². The Morgan fingerprint density at radius 2 is 1.94 bits per heavy atom. The largest absolute Gasteiger partial charge is 0.481 e. The standard InChI is InChI=1S/C14H19NO2/c1-10-5-4-6-11(2)12(10)15-8-7-14(3,9-15)13(16)17/h4-6H,7-9H2,1-3H3,(H,16,17). The third kappa shape index (κ3) is 2.02.